The Balaban J connectivity index is 1.68. The van der Waals surface area contributed by atoms with E-state index in [9.17, 15) is 0 Å². The van der Waals surface area contributed by atoms with Gasteiger partial charge in [-0.05, 0) is 12.1 Å². The first kappa shape index (κ1) is 13.5. The smallest absolute Gasteiger partial charge is 0.142 e. The van der Waals surface area contributed by atoms with Crippen LogP contribution in [0.1, 0.15) is 19.3 Å². The highest BCUT2D eigenvalue weighted by Gasteiger charge is 2.41. The van der Waals surface area contributed by atoms with Gasteiger partial charge >= 0.3 is 0 Å². The SMILES string of the molecule is COc1ccc(OC2CCOC3(CCOC3)C2)c(N)c1. The highest BCUT2D eigenvalue weighted by molar-refractivity contribution is 5.56. The molecular formula is C15H21NO4. The summed E-state index contributed by atoms with van der Waals surface area (Å²) in [7, 11) is 1.62. The van der Waals surface area contributed by atoms with Gasteiger partial charge in [0, 0.05) is 31.9 Å². The molecule has 0 bridgehead atoms. The molecule has 2 heterocycles. The molecule has 5 nitrogen and oxygen atoms in total. The van der Waals surface area contributed by atoms with E-state index in [1.807, 2.05) is 12.1 Å². The van der Waals surface area contributed by atoms with Crippen LogP contribution in [0.5, 0.6) is 11.5 Å². The largest absolute Gasteiger partial charge is 0.497 e. The summed E-state index contributed by atoms with van der Waals surface area (Å²) in [4.78, 5) is 0. The van der Waals surface area contributed by atoms with E-state index in [4.69, 9.17) is 24.7 Å². The molecule has 0 aromatic heterocycles. The molecule has 0 amide bonds. The van der Waals surface area contributed by atoms with E-state index in [1.54, 1.807) is 13.2 Å². The molecule has 5 heteroatoms. The minimum Gasteiger partial charge on any atom is -0.497 e. The number of benzene rings is 1. The Morgan fingerprint density at radius 1 is 1.35 bits per heavy atom. The molecule has 2 unspecified atom stereocenters. The van der Waals surface area contributed by atoms with Gasteiger partial charge in [0.25, 0.3) is 0 Å². The Hall–Kier alpha value is -1.46. The Labute approximate surface area is 118 Å². The third kappa shape index (κ3) is 2.69. The fourth-order valence-corrected chi connectivity index (χ4v) is 2.89. The molecule has 2 aliphatic rings. The molecule has 2 aliphatic heterocycles. The third-order valence-electron chi connectivity index (χ3n) is 4.03. The van der Waals surface area contributed by atoms with Crippen LogP contribution in [0.4, 0.5) is 5.69 Å². The normalized spacial score (nSPS) is 29.6. The van der Waals surface area contributed by atoms with Crippen molar-refractivity contribution >= 4 is 5.69 Å². The maximum Gasteiger partial charge on any atom is 0.142 e. The summed E-state index contributed by atoms with van der Waals surface area (Å²) in [6.45, 7) is 2.16. The predicted molar refractivity (Wildman–Crippen MR) is 75.2 cm³/mol. The van der Waals surface area contributed by atoms with Gasteiger partial charge in [0.1, 0.15) is 17.6 Å². The number of methoxy groups -OCH3 is 1. The highest BCUT2D eigenvalue weighted by atomic mass is 16.6. The van der Waals surface area contributed by atoms with Crippen LogP contribution in [-0.2, 0) is 9.47 Å². The molecule has 3 rings (SSSR count). The zero-order valence-corrected chi connectivity index (χ0v) is 11.8. The molecular weight excluding hydrogens is 258 g/mol. The fourth-order valence-electron chi connectivity index (χ4n) is 2.89. The van der Waals surface area contributed by atoms with Crippen LogP contribution in [0.15, 0.2) is 18.2 Å². The van der Waals surface area contributed by atoms with Crippen LogP contribution in [0, 0.1) is 0 Å². The number of anilines is 1. The van der Waals surface area contributed by atoms with Gasteiger partial charge in [0.15, 0.2) is 0 Å². The van der Waals surface area contributed by atoms with Crippen LogP contribution in [0.25, 0.3) is 0 Å². The summed E-state index contributed by atoms with van der Waals surface area (Å²) >= 11 is 0. The summed E-state index contributed by atoms with van der Waals surface area (Å²) in [5, 5.41) is 0. The summed E-state index contributed by atoms with van der Waals surface area (Å²) in [6, 6.07) is 5.50. The van der Waals surface area contributed by atoms with Crippen molar-refractivity contribution in [3.05, 3.63) is 18.2 Å². The van der Waals surface area contributed by atoms with E-state index in [0.717, 1.165) is 31.6 Å². The van der Waals surface area contributed by atoms with Crippen LogP contribution in [-0.4, -0.2) is 38.6 Å². The number of hydrogen-bond acceptors (Lipinski definition) is 5. The minimum absolute atomic E-state index is 0.126. The maximum absolute atomic E-state index is 6.06. The lowest BCUT2D eigenvalue weighted by molar-refractivity contribution is -0.112. The van der Waals surface area contributed by atoms with Gasteiger partial charge in [-0.1, -0.05) is 0 Å². The first-order valence-electron chi connectivity index (χ1n) is 7.03. The topological polar surface area (TPSA) is 62.9 Å². The number of hydrogen-bond donors (Lipinski definition) is 1. The molecule has 2 N–H and O–H groups in total. The van der Waals surface area contributed by atoms with Crippen LogP contribution >= 0.6 is 0 Å². The molecule has 1 spiro atoms. The molecule has 0 radical (unpaired) electrons. The van der Waals surface area contributed by atoms with Crippen molar-refractivity contribution in [2.24, 2.45) is 0 Å². The zero-order chi connectivity index (χ0) is 14.0. The van der Waals surface area contributed by atoms with Crippen LogP contribution in [0.2, 0.25) is 0 Å². The summed E-state index contributed by atoms with van der Waals surface area (Å²) < 4.78 is 22.6. The van der Waals surface area contributed by atoms with Gasteiger partial charge in [-0.15, -0.1) is 0 Å². The number of ether oxygens (including phenoxy) is 4. The van der Waals surface area contributed by atoms with E-state index in [0.29, 0.717) is 24.7 Å². The van der Waals surface area contributed by atoms with Crippen LogP contribution < -0.4 is 15.2 Å². The van der Waals surface area contributed by atoms with E-state index in [-0.39, 0.29) is 11.7 Å². The third-order valence-corrected chi connectivity index (χ3v) is 4.03. The second kappa shape index (κ2) is 5.50. The van der Waals surface area contributed by atoms with Gasteiger partial charge in [0.05, 0.1) is 31.6 Å². The highest BCUT2D eigenvalue weighted by Crippen LogP contribution is 2.36. The molecule has 1 aromatic rings. The first-order chi connectivity index (χ1) is 9.71. The van der Waals surface area contributed by atoms with E-state index >= 15 is 0 Å². The standard InChI is InChI=1S/C15H21NO4/c1-17-11-2-3-14(13(16)8-11)20-12-4-6-19-15(9-12)5-7-18-10-15/h2-3,8,12H,4-7,9-10,16H2,1H3. The van der Waals surface area contributed by atoms with Crippen molar-refractivity contribution in [3.63, 3.8) is 0 Å². The summed E-state index contributed by atoms with van der Waals surface area (Å²) in [5.74, 6) is 1.45. The minimum atomic E-state index is -0.149. The number of nitrogen functional groups attached to an aromatic ring is 1. The lowest BCUT2D eigenvalue weighted by Crippen LogP contribution is -2.44. The molecule has 2 fully saturated rings. The molecule has 0 aliphatic carbocycles. The zero-order valence-electron chi connectivity index (χ0n) is 11.8. The molecule has 110 valence electrons. The van der Waals surface area contributed by atoms with Gasteiger partial charge in [0.2, 0.25) is 0 Å². The average molecular weight is 279 g/mol. The molecule has 2 atom stereocenters. The monoisotopic (exact) mass is 279 g/mol. The Morgan fingerprint density at radius 3 is 2.95 bits per heavy atom. The summed E-state index contributed by atoms with van der Waals surface area (Å²) in [6.07, 6.45) is 2.82. The Bertz CT molecular complexity index is 471. The second-order valence-corrected chi connectivity index (χ2v) is 5.47. The van der Waals surface area contributed by atoms with Crippen molar-refractivity contribution in [1.82, 2.24) is 0 Å². The van der Waals surface area contributed by atoms with Crippen molar-refractivity contribution in [3.8, 4) is 11.5 Å². The fraction of sp³-hybridized carbons (Fsp3) is 0.600. The average Bonchev–Trinajstić information content (AvgIpc) is 2.89. The van der Waals surface area contributed by atoms with E-state index in [1.165, 1.54) is 0 Å². The van der Waals surface area contributed by atoms with Gasteiger partial charge in [-0.2, -0.15) is 0 Å². The molecule has 0 saturated carbocycles. The first-order valence-corrected chi connectivity index (χ1v) is 7.03. The number of rotatable bonds is 3. The second-order valence-electron chi connectivity index (χ2n) is 5.47. The van der Waals surface area contributed by atoms with Gasteiger partial charge in [-0.3, -0.25) is 0 Å². The van der Waals surface area contributed by atoms with E-state index in [2.05, 4.69) is 0 Å². The predicted octanol–water partition coefficient (Wildman–Crippen LogP) is 1.99. The van der Waals surface area contributed by atoms with Crippen molar-refractivity contribution in [2.45, 2.75) is 31.0 Å². The quantitative estimate of drug-likeness (QED) is 0.857. The Kier molecular flexibility index (Phi) is 3.72. The summed E-state index contributed by atoms with van der Waals surface area (Å²) in [5.41, 5.74) is 6.45. The lowest BCUT2D eigenvalue weighted by atomic mass is 9.91. The van der Waals surface area contributed by atoms with Gasteiger partial charge < -0.3 is 24.7 Å². The molecule has 20 heavy (non-hydrogen) atoms. The maximum atomic E-state index is 6.06. The molecule has 2 saturated heterocycles. The van der Waals surface area contributed by atoms with Crippen molar-refractivity contribution < 1.29 is 18.9 Å². The van der Waals surface area contributed by atoms with Gasteiger partial charge in [-0.25, -0.2) is 0 Å². The van der Waals surface area contributed by atoms with Crippen molar-refractivity contribution in [2.75, 3.05) is 32.7 Å². The van der Waals surface area contributed by atoms with Crippen molar-refractivity contribution in [1.29, 1.82) is 0 Å². The van der Waals surface area contributed by atoms with Crippen LogP contribution in [0.3, 0.4) is 0 Å². The Morgan fingerprint density at radius 2 is 2.25 bits per heavy atom. The lowest BCUT2D eigenvalue weighted by Gasteiger charge is -2.37. The van der Waals surface area contributed by atoms with E-state index < -0.39 is 0 Å². The molecule has 1 aromatic carbocycles. The number of nitrogens with two attached hydrogens (primary N) is 1.